The summed E-state index contributed by atoms with van der Waals surface area (Å²) in [7, 11) is -2.86. The predicted molar refractivity (Wildman–Crippen MR) is 64.4 cm³/mol. The molecular formula is C8H16N4O2S2. The molecule has 0 radical (unpaired) electrons. The average Bonchev–Trinajstić information content (AvgIpc) is 2.56. The maximum absolute atomic E-state index is 10.8. The normalized spacial score (nSPS) is 11.9. The van der Waals surface area contributed by atoms with Crippen molar-refractivity contribution in [1.82, 2.24) is 20.5 Å². The molecule has 16 heavy (non-hydrogen) atoms. The van der Waals surface area contributed by atoms with Gasteiger partial charge in [0.1, 0.15) is 15.7 Å². The first kappa shape index (κ1) is 13.5. The Morgan fingerprint density at radius 3 is 2.75 bits per heavy atom. The van der Waals surface area contributed by atoms with E-state index in [1.54, 1.807) is 0 Å². The fourth-order valence-electron chi connectivity index (χ4n) is 0.984. The highest BCUT2D eigenvalue weighted by Crippen LogP contribution is 2.10. The Morgan fingerprint density at radius 2 is 2.19 bits per heavy atom. The molecule has 0 fully saturated rings. The topological polar surface area (TPSA) is 87.7 Å². The maximum Gasteiger partial charge on any atom is 0.208 e. The molecule has 92 valence electrons. The molecule has 1 rings (SSSR count). The van der Waals surface area contributed by atoms with Gasteiger partial charge in [0.05, 0.1) is 5.75 Å². The monoisotopic (exact) mass is 264 g/mol. The first-order chi connectivity index (χ1) is 7.47. The summed E-state index contributed by atoms with van der Waals surface area (Å²) in [6, 6.07) is 0. The highest BCUT2D eigenvalue weighted by molar-refractivity contribution is 7.99. The van der Waals surface area contributed by atoms with Crippen molar-refractivity contribution in [3.8, 4) is 0 Å². The van der Waals surface area contributed by atoms with Crippen molar-refractivity contribution in [2.24, 2.45) is 0 Å². The van der Waals surface area contributed by atoms with Gasteiger partial charge in [0, 0.05) is 25.1 Å². The van der Waals surface area contributed by atoms with Gasteiger partial charge in [-0.2, -0.15) is 0 Å². The third-order valence-corrected chi connectivity index (χ3v) is 3.53. The molecule has 0 spiro atoms. The molecule has 0 aromatic carbocycles. The van der Waals surface area contributed by atoms with Gasteiger partial charge in [-0.3, -0.25) is 5.10 Å². The molecule has 0 bridgehead atoms. The Morgan fingerprint density at radius 1 is 1.44 bits per heavy atom. The molecule has 0 saturated heterocycles. The molecule has 0 aliphatic heterocycles. The zero-order chi connectivity index (χ0) is 12.0. The molecule has 1 aromatic rings. The van der Waals surface area contributed by atoms with E-state index >= 15 is 0 Å². The first-order valence-corrected chi connectivity index (χ1v) is 7.92. The standard InChI is InChI=1S/C8H16N4O2S2/c1-7-10-8(12-11-7)15-5-3-9-4-6-16(2,13)14/h9H,3-6H2,1-2H3,(H,10,11,12). The SMILES string of the molecule is Cc1nc(SCCNCCS(C)(=O)=O)n[nH]1. The smallest absolute Gasteiger partial charge is 0.208 e. The van der Waals surface area contributed by atoms with Gasteiger partial charge in [-0.05, 0) is 6.92 Å². The van der Waals surface area contributed by atoms with Crippen LogP contribution in [0.15, 0.2) is 5.16 Å². The number of rotatable bonds is 7. The minimum Gasteiger partial charge on any atom is -0.315 e. The molecule has 2 N–H and O–H groups in total. The average molecular weight is 264 g/mol. The number of hydrogen-bond acceptors (Lipinski definition) is 6. The van der Waals surface area contributed by atoms with E-state index in [4.69, 9.17) is 0 Å². The number of nitrogens with zero attached hydrogens (tertiary/aromatic N) is 2. The van der Waals surface area contributed by atoms with E-state index < -0.39 is 9.84 Å². The van der Waals surface area contributed by atoms with Crippen LogP contribution >= 0.6 is 11.8 Å². The van der Waals surface area contributed by atoms with Crippen molar-refractivity contribution >= 4 is 21.6 Å². The van der Waals surface area contributed by atoms with Crippen LogP contribution in [0.2, 0.25) is 0 Å². The number of thioether (sulfide) groups is 1. The van der Waals surface area contributed by atoms with E-state index in [-0.39, 0.29) is 5.75 Å². The van der Waals surface area contributed by atoms with Gasteiger partial charge in [-0.15, -0.1) is 5.10 Å². The van der Waals surface area contributed by atoms with Crippen LogP contribution in [0.4, 0.5) is 0 Å². The molecular weight excluding hydrogens is 248 g/mol. The van der Waals surface area contributed by atoms with E-state index in [9.17, 15) is 8.42 Å². The second kappa shape index (κ2) is 6.21. The Kier molecular flexibility index (Phi) is 5.23. The van der Waals surface area contributed by atoms with Gasteiger partial charge in [-0.1, -0.05) is 11.8 Å². The number of nitrogens with one attached hydrogen (secondary N) is 2. The summed E-state index contributed by atoms with van der Waals surface area (Å²) < 4.78 is 21.6. The van der Waals surface area contributed by atoms with Gasteiger partial charge in [0.2, 0.25) is 5.16 Å². The summed E-state index contributed by atoms with van der Waals surface area (Å²) in [6.07, 6.45) is 1.24. The summed E-state index contributed by atoms with van der Waals surface area (Å²) in [4.78, 5) is 4.14. The van der Waals surface area contributed by atoms with E-state index in [1.165, 1.54) is 18.0 Å². The molecule has 1 aromatic heterocycles. The van der Waals surface area contributed by atoms with Crippen molar-refractivity contribution in [2.75, 3.05) is 30.9 Å². The third-order valence-electron chi connectivity index (χ3n) is 1.74. The number of aromatic amines is 1. The Hall–Kier alpha value is -0.600. The summed E-state index contributed by atoms with van der Waals surface area (Å²) in [5.74, 6) is 1.80. The van der Waals surface area contributed by atoms with E-state index in [1.807, 2.05) is 6.92 Å². The minimum atomic E-state index is -2.86. The van der Waals surface area contributed by atoms with E-state index in [0.717, 1.165) is 23.3 Å². The highest BCUT2D eigenvalue weighted by atomic mass is 32.2. The van der Waals surface area contributed by atoms with Gasteiger partial charge in [0.15, 0.2) is 0 Å². The minimum absolute atomic E-state index is 0.178. The Balaban J connectivity index is 2.04. The zero-order valence-corrected chi connectivity index (χ0v) is 11.0. The van der Waals surface area contributed by atoms with Gasteiger partial charge in [-0.25, -0.2) is 13.4 Å². The second-order valence-corrected chi connectivity index (χ2v) is 6.75. The largest absolute Gasteiger partial charge is 0.315 e. The molecule has 0 unspecified atom stereocenters. The number of hydrogen-bond donors (Lipinski definition) is 2. The van der Waals surface area contributed by atoms with Crippen LogP contribution in [0.1, 0.15) is 5.82 Å². The third kappa shape index (κ3) is 6.09. The van der Waals surface area contributed by atoms with Crippen LogP contribution < -0.4 is 5.32 Å². The summed E-state index contributed by atoms with van der Waals surface area (Å²) >= 11 is 1.53. The van der Waals surface area contributed by atoms with E-state index in [0.29, 0.717) is 6.54 Å². The molecule has 0 aliphatic carbocycles. The Bertz CT molecular complexity index is 415. The molecule has 0 amide bonds. The van der Waals surface area contributed by atoms with Crippen LogP contribution in [-0.4, -0.2) is 54.5 Å². The van der Waals surface area contributed by atoms with Crippen molar-refractivity contribution in [3.63, 3.8) is 0 Å². The lowest BCUT2D eigenvalue weighted by molar-refractivity contribution is 0.598. The molecule has 8 heteroatoms. The summed E-state index contributed by atoms with van der Waals surface area (Å²) in [5.41, 5.74) is 0. The van der Waals surface area contributed by atoms with Crippen LogP contribution in [0.3, 0.4) is 0 Å². The lowest BCUT2D eigenvalue weighted by atomic mass is 10.7. The number of aromatic nitrogens is 3. The maximum atomic E-state index is 10.8. The molecule has 6 nitrogen and oxygen atoms in total. The second-order valence-electron chi connectivity index (χ2n) is 3.43. The number of aryl methyl sites for hydroxylation is 1. The van der Waals surface area contributed by atoms with E-state index in [2.05, 4.69) is 20.5 Å². The molecule has 0 saturated carbocycles. The molecule has 1 heterocycles. The van der Waals surface area contributed by atoms with Gasteiger partial charge >= 0.3 is 0 Å². The fraction of sp³-hybridized carbons (Fsp3) is 0.750. The lowest BCUT2D eigenvalue weighted by Gasteiger charge is -2.01. The predicted octanol–water partition coefficient (Wildman–Crippen LogP) is -0.161. The van der Waals surface area contributed by atoms with Gasteiger partial charge < -0.3 is 5.32 Å². The highest BCUT2D eigenvalue weighted by Gasteiger charge is 2.02. The summed E-state index contributed by atoms with van der Waals surface area (Å²) in [5, 5.41) is 10.5. The van der Waals surface area contributed by atoms with Crippen molar-refractivity contribution in [1.29, 1.82) is 0 Å². The van der Waals surface area contributed by atoms with Crippen molar-refractivity contribution in [2.45, 2.75) is 12.1 Å². The lowest BCUT2D eigenvalue weighted by Crippen LogP contribution is -2.24. The molecule has 0 atom stereocenters. The van der Waals surface area contributed by atoms with Crippen LogP contribution in [0.25, 0.3) is 0 Å². The van der Waals surface area contributed by atoms with Crippen LogP contribution in [-0.2, 0) is 9.84 Å². The van der Waals surface area contributed by atoms with Crippen LogP contribution in [0.5, 0.6) is 0 Å². The van der Waals surface area contributed by atoms with Gasteiger partial charge in [0.25, 0.3) is 0 Å². The van der Waals surface area contributed by atoms with Crippen LogP contribution in [0, 0.1) is 6.92 Å². The summed E-state index contributed by atoms with van der Waals surface area (Å²) in [6.45, 7) is 3.08. The zero-order valence-electron chi connectivity index (χ0n) is 9.36. The Labute approximate surface area is 99.5 Å². The quantitative estimate of drug-likeness (QED) is 0.525. The van der Waals surface area contributed by atoms with Crippen molar-refractivity contribution in [3.05, 3.63) is 5.82 Å². The van der Waals surface area contributed by atoms with Crippen molar-refractivity contribution < 1.29 is 8.42 Å². The number of H-pyrrole nitrogens is 1. The first-order valence-electron chi connectivity index (χ1n) is 4.87. The number of sulfone groups is 1. The molecule has 0 aliphatic rings. The fourth-order valence-corrected chi connectivity index (χ4v) is 2.24.